The standard InChI is InChI=1S/C13H16ClN5O/c1-2-15-11-4-3-9(14)12(19-11)13(20)18-6-5-10-16-7-8-17-10/h3-4,7-8H,2,5-6H2,1H3,(H,15,19)(H,16,17)(H,18,20). The highest BCUT2D eigenvalue weighted by atomic mass is 35.5. The van der Waals surface area contributed by atoms with Crippen molar-refractivity contribution in [2.45, 2.75) is 13.3 Å². The van der Waals surface area contributed by atoms with Gasteiger partial charge in [0.2, 0.25) is 0 Å². The summed E-state index contributed by atoms with van der Waals surface area (Å²) < 4.78 is 0. The van der Waals surface area contributed by atoms with Crippen molar-refractivity contribution in [1.29, 1.82) is 0 Å². The number of hydrogen-bond acceptors (Lipinski definition) is 4. The van der Waals surface area contributed by atoms with Gasteiger partial charge in [0.25, 0.3) is 5.91 Å². The number of imidazole rings is 1. The quantitative estimate of drug-likeness (QED) is 0.759. The molecule has 0 fully saturated rings. The van der Waals surface area contributed by atoms with Gasteiger partial charge >= 0.3 is 0 Å². The first-order chi connectivity index (χ1) is 9.70. The van der Waals surface area contributed by atoms with Crippen molar-refractivity contribution in [3.05, 3.63) is 41.1 Å². The minimum atomic E-state index is -0.290. The maximum absolute atomic E-state index is 12.0. The number of anilines is 1. The molecule has 0 unspecified atom stereocenters. The van der Waals surface area contributed by atoms with E-state index < -0.39 is 0 Å². The first-order valence-corrected chi connectivity index (χ1v) is 6.75. The maximum Gasteiger partial charge on any atom is 0.271 e. The Kier molecular flexibility index (Phi) is 4.95. The summed E-state index contributed by atoms with van der Waals surface area (Å²) >= 11 is 6.00. The number of pyridine rings is 1. The van der Waals surface area contributed by atoms with E-state index in [1.807, 2.05) is 6.92 Å². The topological polar surface area (TPSA) is 82.7 Å². The van der Waals surface area contributed by atoms with Crippen LogP contribution < -0.4 is 10.6 Å². The Balaban J connectivity index is 1.95. The van der Waals surface area contributed by atoms with Crippen LogP contribution in [0.5, 0.6) is 0 Å². The fourth-order valence-electron chi connectivity index (χ4n) is 1.69. The van der Waals surface area contributed by atoms with Crippen molar-refractivity contribution < 1.29 is 4.79 Å². The number of hydrogen-bond donors (Lipinski definition) is 3. The Morgan fingerprint density at radius 1 is 1.45 bits per heavy atom. The van der Waals surface area contributed by atoms with Crippen molar-refractivity contribution in [3.63, 3.8) is 0 Å². The van der Waals surface area contributed by atoms with Crippen LogP contribution in [0.3, 0.4) is 0 Å². The van der Waals surface area contributed by atoms with Gasteiger partial charge in [-0.1, -0.05) is 11.6 Å². The summed E-state index contributed by atoms with van der Waals surface area (Å²) in [4.78, 5) is 23.3. The van der Waals surface area contributed by atoms with Gasteiger partial charge in [0.15, 0.2) is 0 Å². The zero-order chi connectivity index (χ0) is 14.4. The second-order valence-corrected chi connectivity index (χ2v) is 4.51. The van der Waals surface area contributed by atoms with Crippen molar-refractivity contribution in [1.82, 2.24) is 20.3 Å². The van der Waals surface area contributed by atoms with Crippen LogP contribution in [0.25, 0.3) is 0 Å². The molecule has 106 valence electrons. The molecule has 0 radical (unpaired) electrons. The Morgan fingerprint density at radius 2 is 2.30 bits per heavy atom. The highest BCUT2D eigenvalue weighted by Gasteiger charge is 2.12. The van der Waals surface area contributed by atoms with Gasteiger partial charge in [-0.25, -0.2) is 9.97 Å². The molecule has 1 amide bonds. The van der Waals surface area contributed by atoms with Crippen LogP contribution >= 0.6 is 11.6 Å². The predicted octanol–water partition coefficient (Wildman–Crippen LogP) is 1.86. The zero-order valence-corrected chi connectivity index (χ0v) is 11.9. The van der Waals surface area contributed by atoms with Crippen LogP contribution in [0.2, 0.25) is 5.02 Å². The molecule has 0 saturated heterocycles. The Morgan fingerprint density at radius 3 is 3.00 bits per heavy atom. The van der Waals surface area contributed by atoms with Gasteiger partial charge in [-0.2, -0.15) is 0 Å². The van der Waals surface area contributed by atoms with E-state index in [-0.39, 0.29) is 11.6 Å². The molecule has 2 rings (SSSR count). The number of amides is 1. The van der Waals surface area contributed by atoms with Crippen LogP contribution in [-0.2, 0) is 6.42 Å². The molecule has 3 N–H and O–H groups in total. The molecule has 0 aromatic carbocycles. The molecular formula is C13H16ClN5O. The Bertz CT molecular complexity index is 570. The van der Waals surface area contributed by atoms with Crippen LogP contribution in [0.1, 0.15) is 23.2 Å². The summed E-state index contributed by atoms with van der Waals surface area (Å²) in [6.07, 6.45) is 4.05. The Labute approximate surface area is 122 Å². The van der Waals surface area contributed by atoms with Crippen molar-refractivity contribution >= 4 is 23.3 Å². The largest absolute Gasteiger partial charge is 0.370 e. The summed E-state index contributed by atoms with van der Waals surface area (Å²) in [6.45, 7) is 3.16. The molecule has 0 aliphatic rings. The van der Waals surface area contributed by atoms with Crippen LogP contribution in [0, 0.1) is 0 Å². The number of carbonyl (C=O) groups excluding carboxylic acids is 1. The first kappa shape index (κ1) is 14.3. The first-order valence-electron chi connectivity index (χ1n) is 6.37. The van der Waals surface area contributed by atoms with E-state index in [2.05, 4.69) is 25.6 Å². The lowest BCUT2D eigenvalue weighted by Gasteiger charge is -2.08. The van der Waals surface area contributed by atoms with Gasteiger partial charge in [0, 0.05) is 31.9 Å². The predicted molar refractivity (Wildman–Crippen MR) is 78.0 cm³/mol. The molecule has 0 spiro atoms. The number of H-pyrrole nitrogens is 1. The monoisotopic (exact) mass is 293 g/mol. The third-order valence-electron chi connectivity index (χ3n) is 2.62. The van der Waals surface area contributed by atoms with Gasteiger partial charge in [-0.05, 0) is 19.1 Å². The summed E-state index contributed by atoms with van der Waals surface area (Å²) in [5.74, 6) is 1.17. The summed E-state index contributed by atoms with van der Waals surface area (Å²) in [7, 11) is 0. The number of nitrogens with one attached hydrogen (secondary N) is 3. The lowest BCUT2D eigenvalue weighted by molar-refractivity contribution is 0.0949. The number of nitrogens with zero attached hydrogens (tertiary/aromatic N) is 2. The number of aromatic amines is 1. The summed E-state index contributed by atoms with van der Waals surface area (Å²) in [6, 6.07) is 3.40. The Hall–Kier alpha value is -2.08. The average Bonchev–Trinajstić information content (AvgIpc) is 2.94. The molecule has 0 bridgehead atoms. The van der Waals surface area contributed by atoms with Crippen LogP contribution in [0.4, 0.5) is 5.82 Å². The average molecular weight is 294 g/mol. The third-order valence-corrected chi connectivity index (χ3v) is 2.93. The number of carbonyl (C=O) groups is 1. The van der Waals surface area contributed by atoms with E-state index in [1.54, 1.807) is 24.5 Å². The zero-order valence-electron chi connectivity index (χ0n) is 11.1. The fourth-order valence-corrected chi connectivity index (χ4v) is 1.88. The van der Waals surface area contributed by atoms with E-state index in [1.165, 1.54) is 0 Å². The molecule has 2 aromatic rings. The van der Waals surface area contributed by atoms with Crippen molar-refractivity contribution in [2.75, 3.05) is 18.4 Å². The fraction of sp³-hybridized carbons (Fsp3) is 0.308. The van der Waals surface area contributed by atoms with Gasteiger partial charge in [0.05, 0.1) is 5.02 Å². The second kappa shape index (κ2) is 6.91. The summed E-state index contributed by atoms with van der Waals surface area (Å²) in [5, 5.41) is 6.15. The highest BCUT2D eigenvalue weighted by molar-refractivity contribution is 6.33. The molecule has 0 aliphatic carbocycles. The lowest BCUT2D eigenvalue weighted by atomic mass is 10.3. The van der Waals surface area contributed by atoms with E-state index in [4.69, 9.17) is 11.6 Å². The van der Waals surface area contributed by atoms with E-state index in [0.29, 0.717) is 23.8 Å². The minimum Gasteiger partial charge on any atom is -0.370 e. The van der Waals surface area contributed by atoms with Gasteiger partial charge in [-0.15, -0.1) is 0 Å². The molecule has 2 heterocycles. The number of halogens is 1. The van der Waals surface area contributed by atoms with Gasteiger partial charge < -0.3 is 15.6 Å². The molecule has 6 nitrogen and oxygen atoms in total. The molecule has 2 aromatic heterocycles. The van der Waals surface area contributed by atoms with Crippen LogP contribution in [-0.4, -0.2) is 33.9 Å². The highest BCUT2D eigenvalue weighted by Crippen LogP contribution is 2.16. The maximum atomic E-state index is 12.0. The minimum absolute atomic E-state index is 0.226. The second-order valence-electron chi connectivity index (χ2n) is 4.10. The molecule has 7 heteroatoms. The SMILES string of the molecule is CCNc1ccc(Cl)c(C(=O)NCCc2ncc[nH]2)n1. The number of rotatable bonds is 6. The van der Waals surface area contributed by atoms with E-state index in [9.17, 15) is 4.79 Å². The van der Waals surface area contributed by atoms with E-state index >= 15 is 0 Å². The molecule has 0 atom stereocenters. The molecule has 0 aliphatic heterocycles. The molecule has 20 heavy (non-hydrogen) atoms. The van der Waals surface area contributed by atoms with E-state index in [0.717, 1.165) is 12.4 Å². The number of aromatic nitrogens is 3. The molecule has 0 saturated carbocycles. The third kappa shape index (κ3) is 3.71. The van der Waals surface area contributed by atoms with Crippen molar-refractivity contribution in [2.24, 2.45) is 0 Å². The molecular weight excluding hydrogens is 278 g/mol. The summed E-state index contributed by atoms with van der Waals surface area (Å²) in [5.41, 5.74) is 0.226. The smallest absolute Gasteiger partial charge is 0.271 e. The van der Waals surface area contributed by atoms with Crippen LogP contribution in [0.15, 0.2) is 24.5 Å². The lowest BCUT2D eigenvalue weighted by Crippen LogP contribution is -2.27. The van der Waals surface area contributed by atoms with Crippen molar-refractivity contribution in [3.8, 4) is 0 Å². The van der Waals surface area contributed by atoms with Gasteiger partial charge in [-0.3, -0.25) is 4.79 Å². The van der Waals surface area contributed by atoms with Gasteiger partial charge in [0.1, 0.15) is 17.3 Å². The normalized spacial score (nSPS) is 10.3.